The van der Waals surface area contributed by atoms with Crippen LogP contribution in [0, 0.1) is 18.6 Å². The Bertz CT molecular complexity index is 578. The van der Waals surface area contributed by atoms with E-state index >= 15 is 0 Å². The second kappa shape index (κ2) is 7.32. The van der Waals surface area contributed by atoms with Crippen molar-refractivity contribution in [1.29, 1.82) is 0 Å². The van der Waals surface area contributed by atoms with Gasteiger partial charge in [-0.3, -0.25) is 0 Å². The van der Waals surface area contributed by atoms with E-state index < -0.39 is 11.6 Å². The van der Waals surface area contributed by atoms with Crippen molar-refractivity contribution in [2.75, 3.05) is 6.54 Å². The fraction of sp³-hybridized carbons (Fsp3) is 0.333. The average Bonchev–Trinajstić information content (AvgIpc) is 2.49. The molecule has 0 fully saturated rings. The third kappa shape index (κ3) is 4.11. The maximum Gasteiger partial charge on any atom is 0.162 e. The van der Waals surface area contributed by atoms with Gasteiger partial charge in [-0.2, -0.15) is 0 Å². The van der Waals surface area contributed by atoms with E-state index in [1.807, 2.05) is 31.2 Å². The molecule has 3 heteroatoms. The summed E-state index contributed by atoms with van der Waals surface area (Å²) in [5.74, 6) is -1.53. The molecule has 1 atom stereocenters. The molecule has 0 amide bonds. The molecule has 0 bridgehead atoms. The second-order valence-corrected chi connectivity index (χ2v) is 5.33. The van der Waals surface area contributed by atoms with Gasteiger partial charge in [0.15, 0.2) is 11.6 Å². The first-order valence-corrected chi connectivity index (χ1v) is 7.34. The van der Waals surface area contributed by atoms with Crippen LogP contribution in [0.15, 0.2) is 42.5 Å². The van der Waals surface area contributed by atoms with Gasteiger partial charge < -0.3 is 5.32 Å². The normalized spacial score (nSPS) is 12.4. The molecule has 112 valence electrons. The molecule has 1 N–H and O–H groups in total. The van der Waals surface area contributed by atoms with Crippen molar-refractivity contribution in [3.63, 3.8) is 0 Å². The molecule has 0 aromatic heterocycles. The lowest BCUT2D eigenvalue weighted by Gasteiger charge is -2.20. The summed E-state index contributed by atoms with van der Waals surface area (Å²) < 4.78 is 27.2. The highest BCUT2D eigenvalue weighted by Crippen LogP contribution is 2.22. The van der Waals surface area contributed by atoms with Crippen LogP contribution in [0.4, 0.5) is 8.78 Å². The Balaban J connectivity index is 2.23. The van der Waals surface area contributed by atoms with Crippen molar-refractivity contribution in [1.82, 2.24) is 5.32 Å². The van der Waals surface area contributed by atoms with E-state index in [1.54, 1.807) is 12.1 Å². The summed E-state index contributed by atoms with van der Waals surface area (Å²) in [6.45, 7) is 4.96. The standard InChI is InChI=1S/C18H21F2N/c1-3-11-21-17(14-9-7-13(2)8-10-14)12-15-5-4-6-16(19)18(15)20/h4-10,17,21H,3,11-12H2,1-2H3. The third-order valence-electron chi connectivity index (χ3n) is 3.58. The molecule has 21 heavy (non-hydrogen) atoms. The molecule has 2 aromatic rings. The summed E-state index contributed by atoms with van der Waals surface area (Å²) in [4.78, 5) is 0. The minimum absolute atomic E-state index is 0.0122. The fourth-order valence-corrected chi connectivity index (χ4v) is 2.35. The van der Waals surface area contributed by atoms with Crippen LogP contribution < -0.4 is 5.32 Å². The Morgan fingerprint density at radius 2 is 1.76 bits per heavy atom. The number of hydrogen-bond donors (Lipinski definition) is 1. The van der Waals surface area contributed by atoms with Gasteiger partial charge in [-0.1, -0.05) is 48.9 Å². The van der Waals surface area contributed by atoms with E-state index in [9.17, 15) is 8.78 Å². The zero-order valence-corrected chi connectivity index (χ0v) is 12.5. The average molecular weight is 289 g/mol. The maximum atomic E-state index is 13.9. The molecule has 0 aliphatic carbocycles. The molecule has 0 radical (unpaired) electrons. The molecule has 0 aliphatic heterocycles. The van der Waals surface area contributed by atoms with Crippen LogP contribution >= 0.6 is 0 Å². The first-order chi connectivity index (χ1) is 10.1. The van der Waals surface area contributed by atoms with Gasteiger partial charge >= 0.3 is 0 Å². The summed E-state index contributed by atoms with van der Waals surface area (Å²) in [5.41, 5.74) is 2.69. The molecule has 0 heterocycles. The lowest BCUT2D eigenvalue weighted by atomic mass is 9.97. The molecule has 0 spiro atoms. The summed E-state index contributed by atoms with van der Waals surface area (Å²) in [6, 6.07) is 12.5. The molecule has 1 unspecified atom stereocenters. The minimum Gasteiger partial charge on any atom is -0.310 e. The van der Waals surface area contributed by atoms with Crippen LogP contribution in [0.5, 0.6) is 0 Å². The van der Waals surface area contributed by atoms with E-state index in [4.69, 9.17) is 0 Å². The van der Waals surface area contributed by atoms with E-state index in [0.717, 1.165) is 24.6 Å². The summed E-state index contributed by atoms with van der Waals surface area (Å²) in [7, 11) is 0. The topological polar surface area (TPSA) is 12.0 Å². The number of benzene rings is 2. The van der Waals surface area contributed by atoms with Crippen molar-refractivity contribution in [2.45, 2.75) is 32.7 Å². The van der Waals surface area contributed by atoms with Crippen LogP contribution in [0.3, 0.4) is 0 Å². The minimum atomic E-state index is -0.786. The van der Waals surface area contributed by atoms with Gasteiger partial charge in [-0.25, -0.2) is 8.78 Å². The Kier molecular flexibility index (Phi) is 5.45. The van der Waals surface area contributed by atoms with Gasteiger partial charge in [-0.15, -0.1) is 0 Å². The lowest BCUT2D eigenvalue weighted by molar-refractivity contribution is 0.477. The SMILES string of the molecule is CCCNC(Cc1cccc(F)c1F)c1ccc(C)cc1. The van der Waals surface area contributed by atoms with E-state index in [-0.39, 0.29) is 6.04 Å². The van der Waals surface area contributed by atoms with Crippen LogP contribution in [0.25, 0.3) is 0 Å². The van der Waals surface area contributed by atoms with Gasteiger partial charge in [0.25, 0.3) is 0 Å². The van der Waals surface area contributed by atoms with Gasteiger partial charge in [0, 0.05) is 6.04 Å². The number of hydrogen-bond acceptors (Lipinski definition) is 1. The van der Waals surface area contributed by atoms with Crippen molar-refractivity contribution in [3.05, 3.63) is 70.8 Å². The highest BCUT2D eigenvalue weighted by molar-refractivity contribution is 5.27. The number of nitrogens with one attached hydrogen (secondary N) is 1. The van der Waals surface area contributed by atoms with Crippen LogP contribution in [-0.4, -0.2) is 6.54 Å². The van der Waals surface area contributed by atoms with Crippen molar-refractivity contribution >= 4 is 0 Å². The predicted molar refractivity (Wildman–Crippen MR) is 82.3 cm³/mol. The molecule has 2 aromatic carbocycles. The molecular weight excluding hydrogens is 268 g/mol. The van der Waals surface area contributed by atoms with E-state index in [1.165, 1.54) is 5.56 Å². The quantitative estimate of drug-likeness (QED) is 0.822. The Morgan fingerprint density at radius 3 is 2.43 bits per heavy atom. The molecule has 2 rings (SSSR count). The van der Waals surface area contributed by atoms with E-state index in [2.05, 4.69) is 12.2 Å². The van der Waals surface area contributed by atoms with Gasteiger partial charge in [0.05, 0.1) is 0 Å². The van der Waals surface area contributed by atoms with Gasteiger partial charge in [-0.05, 0) is 43.5 Å². The van der Waals surface area contributed by atoms with Gasteiger partial charge in [0.2, 0.25) is 0 Å². The maximum absolute atomic E-state index is 13.9. The van der Waals surface area contributed by atoms with Crippen LogP contribution in [0.2, 0.25) is 0 Å². The first-order valence-electron chi connectivity index (χ1n) is 7.34. The number of rotatable bonds is 6. The Hall–Kier alpha value is -1.74. The fourth-order valence-electron chi connectivity index (χ4n) is 2.35. The molecule has 0 aliphatic rings. The first kappa shape index (κ1) is 15.6. The Morgan fingerprint density at radius 1 is 1.05 bits per heavy atom. The molecule has 0 saturated carbocycles. The second-order valence-electron chi connectivity index (χ2n) is 5.33. The monoisotopic (exact) mass is 289 g/mol. The van der Waals surface area contributed by atoms with Crippen molar-refractivity contribution in [2.24, 2.45) is 0 Å². The predicted octanol–water partition coefficient (Wildman–Crippen LogP) is 4.56. The largest absolute Gasteiger partial charge is 0.310 e. The van der Waals surface area contributed by atoms with Crippen LogP contribution in [0.1, 0.15) is 36.1 Å². The summed E-state index contributed by atoms with van der Waals surface area (Å²) in [6.07, 6.45) is 1.43. The smallest absolute Gasteiger partial charge is 0.162 e. The van der Waals surface area contributed by atoms with E-state index in [0.29, 0.717) is 12.0 Å². The zero-order valence-electron chi connectivity index (χ0n) is 12.5. The lowest BCUT2D eigenvalue weighted by Crippen LogP contribution is -2.24. The van der Waals surface area contributed by atoms with Crippen molar-refractivity contribution < 1.29 is 8.78 Å². The molecule has 1 nitrogen and oxygen atoms in total. The summed E-state index contributed by atoms with van der Waals surface area (Å²) in [5, 5.41) is 3.41. The van der Waals surface area contributed by atoms with Crippen molar-refractivity contribution in [3.8, 4) is 0 Å². The molecule has 0 saturated heterocycles. The third-order valence-corrected chi connectivity index (χ3v) is 3.58. The highest BCUT2D eigenvalue weighted by Gasteiger charge is 2.15. The molecular formula is C18H21F2N. The zero-order chi connectivity index (χ0) is 15.2. The Labute approximate surface area is 125 Å². The summed E-state index contributed by atoms with van der Waals surface area (Å²) >= 11 is 0. The highest BCUT2D eigenvalue weighted by atomic mass is 19.2. The van der Waals surface area contributed by atoms with Crippen LogP contribution in [-0.2, 0) is 6.42 Å². The number of halogens is 2. The van der Waals surface area contributed by atoms with Gasteiger partial charge in [0.1, 0.15) is 0 Å². The number of aryl methyl sites for hydroxylation is 1.